The molecule has 0 bridgehead atoms. The predicted molar refractivity (Wildman–Crippen MR) is 73.4 cm³/mol. The molecule has 0 radical (unpaired) electrons. The number of ether oxygens (including phenoxy) is 1. The highest BCUT2D eigenvalue weighted by atomic mass is 16.5. The van der Waals surface area contributed by atoms with Gasteiger partial charge in [-0.05, 0) is 24.3 Å². The molecule has 1 aliphatic heterocycles. The molecule has 1 aromatic heterocycles. The van der Waals surface area contributed by atoms with Gasteiger partial charge in [-0.2, -0.15) is 5.10 Å². The van der Waals surface area contributed by atoms with Crippen molar-refractivity contribution in [3.8, 4) is 17.2 Å². The molecule has 0 atom stereocenters. The predicted octanol–water partition coefficient (Wildman–Crippen LogP) is 3.72. The number of hydrogen-bond donors (Lipinski definition) is 1. The first kappa shape index (κ1) is 10.2. The zero-order valence-corrected chi connectivity index (χ0v) is 10.1. The van der Waals surface area contributed by atoms with Gasteiger partial charge < -0.3 is 10.1 Å². The largest absolute Gasteiger partial charge is 0.450 e. The highest BCUT2D eigenvalue weighted by Crippen LogP contribution is 2.42. The van der Waals surface area contributed by atoms with Crippen molar-refractivity contribution in [3.05, 3.63) is 60.8 Å². The van der Waals surface area contributed by atoms with Gasteiger partial charge in [0.15, 0.2) is 17.3 Å². The van der Waals surface area contributed by atoms with E-state index in [-0.39, 0.29) is 0 Å². The fraction of sp³-hybridized carbons (Fsp3) is 0. The molecular formula is C15H11N3O. The Bertz CT molecular complexity index is 734. The minimum Gasteiger partial charge on any atom is -0.450 e. The fourth-order valence-corrected chi connectivity index (χ4v) is 2.19. The normalized spacial score (nSPS) is 12.0. The summed E-state index contributed by atoms with van der Waals surface area (Å²) in [5.41, 5.74) is 1.95. The number of benzene rings is 2. The van der Waals surface area contributed by atoms with Crippen LogP contribution < -0.4 is 10.1 Å². The molecule has 0 unspecified atom stereocenters. The summed E-state index contributed by atoms with van der Waals surface area (Å²) >= 11 is 0. The van der Waals surface area contributed by atoms with Gasteiger partial charge in [0.05, 0.1) is 17.6 Å². The lowest BCUT2D eigenvalue weighted by Crippen LogP contribution is -2.06. The van der Waals surface area contributed by atoms with E-state index >= 15 is 0 Å². The third kappa shape index (κ3) is 1.57. The van der Waals surface area contributed by atoms with E-state index in [2.05, 4.69) is 10.4 Å². The lowest BCUT2D eigenvalue weighted by molar-refractivity contribution is 0.481. The van der Waals surface area contributed by atoms with Gasteiger partial charge in [-0.25, -0.2) is 4.68 Å². The number of fused-ring (bicyclic) bond motifs is 2. The molecule has 2 aromatic carbocycles. The molecule has 0 saturated carbocycles. The maximum atomic E-state index is 5.83. The van der Waals surface area contributed by atoms with Crippen LogP contribution in [0, 0.1) is 0 Å². The Morgan fingerprint density at radius 1 is 0.895 bits per heavy atom. The smallest absolute Gasteiger partial charge is 0.190 e. The topological polar surface area (TPSA) is 39.1 Å². The van der Waals surface area contributed by atoms with Crippen LogP contribution >= 0.6 is 0 Å². The van der Waals surface area contributed by atoms with Gasteiger partial charge in [0, 0.05) is 0 Å². The van der Waals surface area contributed by atoms with Crippen molar-refractivity contribution in [3.63, 3.8) is 0 Å². The molecule has 0 fully saturated rings. The Morgan fingerprint density at radius 3 is 2.58 bits per heavy atom. The molecule has 92 valence electrons. The van der Waals surface area contributed by atoms with E-state index in [0.717, 1.165) is 28.7 Å². The van der Waals surface area contributed by atoms with E-state index in [1.165, 1.54) is 0 Å². The van der Waals surface area contributed by atoms with Crippen molar-refractivity contribution < 1.29 is 4.74 Å². The zero-order chi connectivity index (χ0) is 12.7. The van der Waals surface area contributed by atoms with E-state index in [1.54, 1.807) is 6.20 Å². The van der Waals surface area contributed by atoms with Crippen molar-refractivity contribution >= 4 is 11.5 Å². The zero-order valence-electron chi connectivity index (χ0n) is 10.1. The molecule has 1 aliphatic rings. The maximum absolute atomic E-state index is 5.83. The summed E-state index contributed by atoms with van der Waals surface area (Å²) in [5.74, 6) is 2.41. The molecule has 2 heterocycles. The number of aromatic nitrogens is 2. The van der Waals surface area contributed by atoms with E-state index in [1.807, 2.05) is 59.3 Å². The molecule has 3 aromatic rings. The number of para-hydroxylation sites is 3. The standard InChI is InChI=1S/C15H11N3O/c1-2-6-11(7-3-1)18-15-14(10-16-18)19-13-9-5-4-8-12(13)17-15/h1-10,17H. The van der Waals surface area contributed by atoms with E-state index < -0.39 is 0 Å². The Balaban J connectivity index is 1.83. The van der Waals surface area contributed by atoms with E-state index in [9.17, 15) is 0 Å². The van der Waals surface area contributed by atoms with Crippen LogP contribution in [0.3, 0.4) is 0 Å². The van der Waals surface area contributed by atoms with Gasteiger partial charge >= 0.3 is 0 Å². The van der Waals surface area contributed by atoms with Crippen LogP contribution in [0.5, 0.6) is 11.5 Å². The molecule has 1 N–H and O–H groups in total. The van der Waals surface area contributed by atoms with Crippen molar-refractivity contribution in [1.29, 1.82) is 0 Å². The molecule has 0 spiro atoms. The van der Waals surface area contributed by atoms with Gasteiger partial charge in [0.2, 0.25) is 0 Å². The second-order valence-electron chi connectivity index (χ2n) is 4.33. The molecule has 4 nitrogen and oxygen atoms in total. The van der Waals surface area contributed by atoms with Crippen LogP contribution in [0.1, 0.15) is 0 Å². The van der Waals surface area contributed by atoms with Crippen LogP contribution in [0.4, 0.5) is 11.5 Å². The summed E-state index contributed by atoms with van der Waals surface area (Å²) in [7, 11) is 0. The van der Waals surface area contributed by atoms with Crippen LogP contribution in [-0.2, 0) is 0 Å². The first-order valence-electron chi connectivity index (χ1n) is 6.09. The maximum Gasteiger partial charge on any atom is 0.190 e. The average Bonchev–Trinajstić information content (AvgIpc) is 2.88. The third-order valence-corrected chi connectivity index (χ3v) is 3.10. The van der Waals surface area contributed by atoms with E-state index in [4.69, 9.17) is 4.74 Å². The molecule has 0 aliphatic carbocycles. The summed E-state index contributed by atoms with van der Waals surface area (Å²) in [6.45, 7) is 0. The third-order valence-electron chi connectivity index (χ3n) is 3.10. The van der Waals surface area contributed by atoms with Crippen molar-refractivity contribution in [2.24, 2.45) is 0 Å². The molecule has 0 saturated heterocycles. The molecule has 0 amide bonds. The van der Waals surface area contributed by atoms with Crippen LogP contribution in [0.25, 0.3) is 5.69 Å². The number of hydrogen-bond acceptors (Lipinski definition) is 3. The van der Waals surface area contributed by atoms with Gasteiger partial charge in [0.25, 0.3) is 0 Å². The van der Waals surface area contributed by atoms with Gasteiger partial charge in [-0.15, -0.1) is 0 Å². The van der Waals surface area contributed by atoms with Crippen molar-refractivity contribution in [1.82, 2.24) is 9.78 Å². The summed E-state index contributed by atoms with van der Waals surface area (Å²) in [6, 6.07) is 17.8. The minimum absolute atomic E-state index is 0.738. The van der Waals surface area contributed by atoms with Gasteiger partial charge in [-0.3, -0.25) is 0 Å². The number of anilines is 2. The monoisotopic (exact) mass is 249 g/mol. The lowest BCUT2D eigenvalue weighted by Gasteiger charge is -2.19. The quantitative estimate of drug-likeness (QED) is 0.558. The number of rotatable bonds is 1. The molecule has 19 heavy (non-hydrogen) atoms. The Hall–Kier alpha value is -2.75. The Morgan fingerprint density at radius 2 is 1.68 bits per heavy atom. The second-order valence-corrected chi connectivity index (χ2v) is 4.33. The fourth-order valence-electron chi connectivity index (χ4n) is 2.19. The first-order chi connectivity index (χ1) is 9.42. The van der Waals surface area contributed by atoms with Crippen LogP contribution in [0.2, 0.25) is 0 Å². The SMILES string of the molecule is c1ccc(-n2ncc3c2Nc2ccccc2O3)cc1. The summed E-state index contributed by atoms with van der Waals surface area (Å²) < 4.78 is 7.67. The molecule has 4 rings (SSSR count). The van der Waals surface area contributed by atoms with Gasteiger partial charge in [-0.1, -0.05) is 30.3 Å². The lowest BCUT2D eigenvalue weighted by atomic mass is 10.2. The van der Waals surface area contributed by atoms with Crippen molar-refractivity contribution in [2.45, 2.75) is 0 Å². The molecule has 4 heteroatoms. The van der Waals surface area contributed by atoms with Crippen LogP contribution in [-0.4, -0.2) is 9.78 Å². The Kier molecular flexibility index (Phi) is 2.08. The van der Waals surface area contributed by atoms with Crippen molar-refractivity contribution in [2.75, 3.05) is 5.32 Å². The Labute approximate surface area is 110 Å². The van der Waals surface area contributed by atoms with Crippen LogP contribution in [0.15, 0.2) is 60.8 Å². The first-order valence-corrected chi connectivity index (χ1v) is 6.09. The average molecular weight is 249 g/mol. The van der Waals surface area contributed by atoms with Gasteiger partial charge in [0.1, 0.15) is 0 Å². The minimum atomic E-state index is 0.738. The van der Waals surface area contributed by atoms with E-state index in [0.29, 0.717) is 0 Å². The number of nitrogens with zero attached hydrogens (tertiary/aromatic N) is 2. The summed E-state index contributed by atoms with van der Waals surface area (Å²) in [6.07, 6.45) is 1.73. The number of nitrogens with one attached hydrogen (secondary N) is 1. The summed E-state index contributed by atoms with van der Waals surface area (Å²) in [5, 5.41) is 7.74. The highest BCUT2D eigenvalue weighted by Gasteiger charge is 2.21. The highest BCUT2D eigenvalue weighted by molar-refractivity contribution is 5.73. The molecular weight excluding hydrogens is 238 g/mol. The summed E-state index contributed by atoms with van der Waals surface area (Å²) in [4.78, 5) is 0. The second kappa shape index (κ2) is 3.88.